The molecule has 0 radical (unpaired) electrons. The molecule has 0 amide bonds. The topological polar surface area (TPSA) is 56.3 Å². The van der Waals surface area contributed by atoms with Gasteiger partial charge >= 0.3 is 0 Å². The molecule has 0 atom stereocenters. The van der Waals surface area contributed by atoms with Gasteiger partial charge in [-0.05, 0) is 13.0 Å². The lowest BCUT2D eigenvalue weighted by Crippen LogP contribution is -1.98. The van der Waals surface area contributed by atoms with Crippen LogP contribution in [0.2, 0.25) is 5.02 Å². The van der Waals surface area contributed by atoms with Gasteiger partial charge in [0.1, 0.15) is 4.90 Å². The monoisotopic (exact) mass is 221 g/mol. The van der Waals surface area contributed by atoms with Crippen molar-refractivity contribution in [1.29, 1.82) is 0 Å². The van der Waals surface area contributed by atoms with E-state index in [9.17, 15) is 8.42 Å². The molecule has 6 heteroatoms. The Hall–Kier alpha value is -0.810. The number of halogens is 1. The third kappa shape index (κ3) is 2.57. The van der Waals surface area contributed by atoms with Crippen LogP contribution in [0.25, 0.3) is 0 Å². The van der Waals surface area contributed by atoms with E-state index in [-0.39, 0.29) is 15.8 Å². The normalized spacial score (nSPS) is 10.4. The Morgan fingerprint density at radius 2 is 2.31 bits per heavy atom. The zero-order valence-corrected chi connectivity index (χ0v) is 8.51. The maximum absolute atomic E-state index is 10.7. The van der Waals surface area contributed by atoms with Gasteiger partial charge in [0.25, 0.3) is 0 Å². The minimum Gasteiger partial charge on any atom is -0.477 e. The molecule has 0 bridgehead atoms. The molecule has 0 aliphatic carbocycles. The van der Waals surface area contributed by atoms with E-state index in [1.807, 2.05) is 0 Å². The summed E-state index contributed by atoms with van der Waals surface area (Å²) < 4.78 is 26.4. The lowest BCUT2D eigenvalue weighted by atomic mass is 10.5. The molecular formula is C7H8ClNO3S. The summed E-state index contributed by atoms with van der Waals surface area (Å²) in [4.78, 5) is 3.77. The van der Waals surface area contributed by atoms with Gasteiger partial charge in [-0.2, -0.15) is 0 Å². The summed E-state index contributed by atoms with van der Waals surface area (Å²) in [6.07, 6.45) is 1.34. The number of hydrogen-bond donors (Lipinski definition) is 1. The number of hydrogen-bond acceptors (Lipinski definition) is 4. The van der Waals surface area contributed by atoms with E-state index < -0.39 is 10.7 Å². The largest absolute Gasteiger partial charge is 0.477 e. The van der Waals surface area contributed by atoms with E-state index in [4.69, 9.17) is 16.3 Å². The van der Waals surface area contributed by atoms with E-state index in [1.54, 1.807) is 6.92 Å². The molecule has 4 nitrogen and oxygen atoms in total. The van der Waals surface area contributed by atoms with Gasteiger partial charge in [-0.1, -0.05) is 11.6 Å². The second kappa shape index (κ2) is 4.43. The van der Waals surface area contributed by atoms with Gasteiger partial charge in [-0.15, -0.1) is 0 Å². The molecule has 0 saturated heterocycles. The van der Waals surface area contributed by atoms with Gasteiger partial charge in [0, 0.05) is 6.20 Å². The maximum atomic E-state index is 10.7. The average molecular weight is 222 g/mol. The van der Waals surface area contributed by atoms with Crippen LogP contribution in [-0.4, -0.2) is 20.0 Å². The minimum atomic E-state index is -2.72. The number of thiol groups is 1. The number of ether oxygens (including phenoxy) is 1. The molecule has 0 aliphatic rings. The van der Waals surface area contributed by atoms with Crippen LogP contribution in [0.5, 0.6) is 5.88 Å². The van der Waals surface area contributed by atoms with Crippen molar-refractivity contribution in [2.24, 2.45) is 0 Å². The second-order valence-corrected chi connectivity index (χ2v) is 3.60. The Morgan fingerprint density at radius 1 is 1.62 bits per heavy atom. The quantitative estimate of drug-likeness (QED) is 0.777. The summed E-state index contributed by atoms with van der Waals surface area (Å²) >= 11 is 5.58. The summed E-state index contributed by atoms with van der Waals surface area (Å²) in [6.45, 7) is 2.11. The summed E-state index contributed by atoms with van der Waals surface area (Å²) in [7, 11) is -2.72. The van der Waals surface area contributed by atoms with E-state index >= 15 is 0 Å². The summed E-state index contributed by atoms with van der Waals surface area (Å²) in [5.74, 6) is 0.100. The Morgan fingerprint density at radius 3 is 2.85 bits per heavy atom. The van der Waals surface area contributed by atoms with Crippen molar-refractivity contribution in [3.05, 3.63) is 17.3 Å². The van der Waals surface area contributed by atoms with E-state index in [2.05, 4.69) is 4.98 Å². The zero-order chi connectivity index (χ0) is 9.84. The highest BCUT2D eigenvalue weighted by Gasteiger charge is 2.07. The molecular weight excluding hydrogens is 214 g/mol. The summed E-state index contributed by atoms with van der Waals surface area (Å²) in [5.41, 5.74) is 0. The van der Waals surface area contributed by atoms with Crippen LogP contribution in [-0.2, 0) is 10.7 Å². The lowest BCUT2D eigenvalue weighted by Gasteiger charge is -2.03. The Kier molecular flexibility index (Phi) is 3.50. The van der Waals surface area contributed by atoms with Crippen LogP contribution in [0.1, 0.15) is 6.92 Å². The predicted octanol–water partition coefficient (Wildman–Crippen LogP) is 1.10. The third-order valence-electron chi connectivity index (χ3n) is 1.28. The molecule has 0 aromatic carbocycles. The molecule has 0 spiro atoms. The molecule has 1 aromatic heterocycles. The first-order valence-electron chi connectivity index (χ1n) is 3.58. The third-order valence-corrected chi connectivity index (χ3v) is 2.20. The zero-order valence-electron chi connectivity index (χ0n) is 6.86. The van der Waals surface area contributed by atoms with E-state index in [1.165, 1.54) is 12.3 Å². The smallest absolute Gasteiger partial charge is 0.232 e. The van der Waals surface area contributed by atoms with Crippen LogP contribution in [0.4, 0.5) is 0 Å². The van der Waals surface area contributed by atoms with Crippen LogP contribution in [0, 0.1) is 0 Å². The maximum Gasteiger partial charge on any atom is 0.232 e. The highest BCUT2D eigenvalue weighted by molar-refractivity contribution is 7.72. The van der Waals surface area contributed by atoms with Crippen molar-refractivity contribution < 1.29 is 13.2 Å². The molecule has 13 heavy (non-hydrogen) atoms. The number of aromatic nitrogens is 1. The average Bonchev–Trinajstić information content (AvgIpc) is 2.08. The van der Waals surface area contributed by atoms with Gasteiger partial charge in [0.15, 0.2) is 10.7 Å². The fourth-order valence-electron chi connectivity index (χ4n) is 0.795. The first-order valence-corrected chi connectivity index (χ1v) is 5.13. The van der Waals surface area contributed by atoms with Crippen molar-refractivity contribution in [1.82, 2.24) is 4.98 Å². The molecule has 1 heterocycles. The molecule has 0 N–H and O–H groups in total. The fraction of sp³-hybridized carbons (Fsp3) is 0.286. The molecule has 72 valence electrons. The van der Waals surface area contributed by atoms with Crippen molar-refractivity contribution in [2.75, 3.05) is 6.61 Å². The Labute approximate surface area is 82.5 Å². The van der Waals surface area contributed by atoms with Crippen molar-refractivity contribution in [2.45, 2.75) is 11.8 Å². The van der Waals surface area contributed by atoms with Crippen LogP contribution in [0.3, 0.4) is 0 Å². The summed E-state index contributed by atoms with van der Waals surface area (Å²) in [6, 6.07) is 1.31. The molecule has 0 aliphatic heterocycles. The fourth-order valence-corrected chi connectivity index (χ4v) is 1.55. The van der Waals surface area contributed by atoms with Crippen LogP contribution < -0.4 is 4.74 Å². The lowest BCUT2D eigenvalue weighted by molar-refractivity contribution is 0.317. The SMILES string of the molecule is CCOc1ncc(Cl)cc1[SH](=O)=O. The molecule has 1 aromatic rings. The van der Waals surface area contributed by atoms with Gasteiger partial charge < -0.3 is 4.74 Å². The van der Waals surface area contributed by atoms with Crippen LogP contribution >= 0.6 is 11.6 Å². The van der Waals surface area contributed by atoms with E-state index in [0.29, 0.717) is 6.61 Å². The molecule has 1 rings (SSSR count). The van der Waals surface area contributed by atoms with E-state index in [0.717, 1.165) is 0 Å². The standard InChI is InChI=1S/C7H8ClNO3S/c1-2-12-7-6(13(10)11)3-5(8)4-9-7/h3-4,13H,2H2,1H3. The highest BCUT2D eigenvalue weighted by atomic mass is 35.5. The minimum absolute atomic E-state index is 0.0179. The van der Waals surface area contributed by atoms with Gasteiger partial charge in [-0.3, -0.25) is 0 Å². The number of pyridine rings is 1. The van der Waals surface area contributed by atoms with Crippen LogP contribution in [0.15, 0.2) is 17.2 Å². The molecule has 0 saturated carbocycles. The van der Waals surface area contributed by atoms with Crippen molar-refractivity contribution in [3.8, 4) is 5.88 Å². The van der Waals surface area contributed by atoms with Gasteiger partial charge in [-0.25, -0.2) is 13.4 Å². The second-order valence-electron chi connectivity index (χ2n) is 2.17. The predicted molar refractivity (Wildman–Crippen MR) is 49.0 cm³/mol. The van der Waals surface area contributed by atoms with Crippen molar-refractivity contribution >= 4 is 22.3 Å². The number of rotatable bonds is 3. The van der Waals surface area contributed by atoms with Gasteiger partial charge in [0.2, 0.25) is 5.88 Å². The summed E-state index contributed by atoms with van der Waals surface area (Å²) in [5, 5.41) is 0.276. The van der Waals surface area contributed by atoms with Crippen molar-refractivity contribution in [3.63, 3.8) is 0 Å². The Balaban J connectivity index is 3.18. The molecule has 0 fully saturated rings. The van der Waals surface area contributed by atoms with Gasteiger partial charge in [0.05, 0.1) is 11.6 Å². The first-order chi connectivity index (χ1) is 6.15. The highest BCUT2D eigenvalue weighted by Crippen LogP contribution is 2.20. The first kappa shape index (κ1) is 10.3. The number of nitrogens with zero attached hydrogens (tertiary/aromatic N) is 1. The molecule has 0 unspecified atom stereocenters. The Bertz CT molecular complexity index is 370.